The summed E-state index contributed by atoms with van der Waals surface area (Å²) in [6.45, 7) is -0.438. The van der Waals surface area contributed by atoms with Crippen molar-refractivity contribution in [2.75, 3.05) is 6.61 Å². The molecule has 1 aromatic carbocycles. The van der Waals surface area contributed by atoms with Gasteiger partial charge in [0.25, 0.3) is 0 Å². The van der Waals surface area contributed by atoms with Crippen LogP contribution < -0.4 is 0 Å². The van der Waals surface area contributed by atoms with Gasteiger partial charge in [-0.25, -0.2) is 13.6 Å². The fourth-order valence-corrected chi connectivity index (χ4v) is 1.49. The fraction of sp³-hybridized carbons (Fsp3) is 0.364. The summed E-state index contributed by atoms with van der Waals surface area (Å²) < 4.78 is 26.8. The Labute approximate surface area is 101 Å². The van der Waals surface area contributed by atoms with E-state index in [0.717, 1.165) is 6.07 Å². The Balaban J connectivity index is 3.18. The molecule has 0 heterocycles. The van der Waals surface area contributed by atoms with Crippen LogP contribution in [0.5, 0.6) is 0 Å². The summed E-state index contributed by atoms with van der Waals surface area (Å²) in [5.74, 6) is -4.52. The Kier molecular flexibility index (Phi) is 4.71. The summed E-state index contributed by atoms with van der Waals surface area (Å²) in [6.07, 6.45) is -3.44. The second-order valence-corrected chi connectivity index (χ2v) is 3.66. The van der Waals surface area contributed by atoms with Crippen molar-refractivity contribution < 1.29 is 34.0 Å². The summed E-state index contributed by atoms with van der Waals surface area (Å²) in [5.41, 5.74) is -1.72. The third-order valence-corrected chi connectivity index (χ3v) is 2.44. The third-order valence-electron chi connectivity index (χ3n) is 2.44. The van der Waals surface area contributed by atoms with Gasteiger partial charge in [0.15, 0.2) is 0 Å². The lowest BCUT2D eigenvalue weighted by atomic mass is 9.99. The summed E-state index contributed by atoms with van der Waals surface area (Å²) in [6, 6.07) is 1.54. The summed E-state index contributed by atoms with van der Waals surface area (Å²) in [4.78, 5) is 10.6. The number of hydrogen-bond donors (Lipinski definition) is 4. The number of benzene rings is 1. The van der Waals surface area contributed by atoms with Gasteiger partial charge in [0.1, 0.15) is 23.3 Å². The number of aliphatic hydroxyl groups excluding tert-OH is 3. The van der Waals surface area contributed by atoms with E-state index in [9.17, 15) is 23.8 Å². The second kappa shape index (κ2) is 5.85. The molecule has 0 bridgehead atoms. The van der Waals surface area contributed by atoms with Gasteiger partial charge in [0, 0.05) is 12.2 Å². The van der Waals surface area contributed by atoms with Crippen LogP contribution in [0.2, 0.25) is 0 Å². The first kappa shape index (κ1) is 14.5. The standard InChI is InChI=1S/C11H12F2O5/c12-6-2-1-5(9(13)8(6)11(17)18)10(16)7(15)3-4-14/h1-2,7,10,14-16H,3-4H2,(H,17,18). The Morgan fingerprint density at radius 3 is 2.39 bits per heavy atom. The third kappa shape index (κ3) is 2.81. The van der Waals surface area contributed by atoms with Crippen LogP contribution in [0.4, 0.5) is 8.78 Å². The molecule has 18 heavy (non-hydrogen) atoms. The van der Waals surface area contributed by atoms with Crippen molar-refractivity contribution in [2.24, 2.45) is 0 Å². The van der Waals surface area contributed by atoms with Crippen LogP contribution in [-0.4, -0.2) is 39.1 Å². The molecule has 7 heteroatoms. The van der Waals surface area contributed by atoms with E-state index in [1.165, 1.54) is 0 Å². The van der Waals surface area contributed by atoms with Crippen molar-refractivity contribution in [1.29, 1.82) is 0 Å². The molecular formula is C11H12F2O5. The van der Waals surface area contributed by atoms with Crippen molar-refractivity contribution in [3.05, 3.63) is 34.9 Å². The van der Waals surface area contributed by atoms with E-state index in [2.05, 4.69) is 0 Å². The van der Waals surface area contributed by atoms with Gasteiger partial charge in [-0.05, 0) is 12.5 Å². The van der Waals surface area contributed by atoms with Gasteiger partial charge in [-0.2, -0.15) is 0 Å². The molecule has 100 valence electrons. The highest BCUT2D eigenvalue weighted by atomic mass is 19.1. The molecule has 4 N–H and O–H groups in total. The van der Waals surface area contributed by atoms with Gasteiger partial charge in [-0.15, -0.1) is 0 Å². The van der Waals surface area contributed by atoms with Crippen LogP contribution in [0, 0.1) is 11.6 Å². The first-order valence-corrected chi connectivity index (χ1v) is 5.08. The maximum Gasteiger partial charge on any atom is 0.341 e. The summed E-state index contributed by atoms with van der Waals surface area (Å²) in [5, 5.41) is 36.2. The predicted octanol–water partition coefficient (Wildman–Crippen LogP) is 0.440. The van der Waals surface area contributed by atoms with Gasteiger partial charge in [0.05, 0.1) is 6.10 Å². The van der Waals surface area contributed by atoms with E-state index < -0.39 is 47.5 Å². The van der Waals surface area contributed by atoms with Crippen molar-refractivity contribution in [3.8, 4) is 0 Å². The second-order valence-electron chi connectivity index (χ2n) is 3.66. The molecule has 2 atom stereocenters. The Bertz CT molecular complexity index is 449. The van der Waals surface area contributed by atoms with Gasteiger partial charge in [0.2, 0.25) is 0 Å². The van der Waals surface area contributed by atoms with E-state index in [1.54, 1.807) is 0 Å². The van der Waals surface area contributed by atoms with Crippen molar-refractivity contribution in [3.63, 3.8) is 0 Å². The average Bonchev–Trinajstić information content (AvgIpc) is 2.28. The number of aliphatic hydroxyl groups is 3. The normalized spacial score (nSPS) is 14.3. The molecule has 1 aromatic rings. The fourth-order valence-electron chi connectivity index (χ4n) is 1.49. The average molecular weight is 262 g/mol. The number of carboxylic acids is 1. The van der Waals surface area contributed by atoms with Gasteiger partial charge < -0.3 is 20.4 Å². The first-order chi connectivity index (χ1) is 8.40. The Morgan fingerprint density at radius 1 is 1.28 bits per heavy atom. The zero-order chi connectivity index (χ0) is 13.9. The zero-order valence-corrected chi connectivity index (χ0v) is 9.18. The number of carboxylic acid groups (broad SMARTS) is 1. The molecule has 5 nitrogen and oxygen atoms in total. The number of carbonyl (C=O) groups is 1. The summed E-state index contributed by atoms with van der Waals surface area (Å²) >= 11 is 0. The zero-order valence-electron chi connectivity index (χ0n) is 9.18. The molecule has 0 fully saturated rings. The summed E-state index contributed by atoms with van der Waals surface area (Å²) in [7, 11) is 0. The van der Waals surface area contributed by atoms with E-state index in [1.807, 2.05) is 0 Å². The molecule has 1 rings (SSSR count). The van der Waals surface area contributed by atoms with E-state index in [-0.39, 0.29) is 6.42 Å². The lowest BCUT2D eigenvalue weighted by Crippen LogP contribution is -2.21. The highest BCUT2D eigenvalue weighted by Crippen LogP contribution is 2.25. The van der Waals surface area contributed by atoms with Crippen LogP contribution in [0.25, 0.3) is 0 Å². The molecule has 2 unspecified atom stereocenters. The molecule has 0 aromatic heterocycles. The van der Waals surface area contributed by atoms with E-state index in [4.69, 9.17) is 10.2 Å². The molecule has 0 aliphatic heterocycles. The van der Waals surface area contributed by atoms with Crippen molar-refractivity contribution in [1.82, 2.24) is 0 Å². The lowest BCUT2D eigenvalue weighted by molar-refractivity contribution is 0.00215. The molecular weight excluding hydrogens is 250 g/mol. The van der Waals surface area contributed by atoms with Crippen LogP contribution >= 0.6 is 0 Å². The smallest absolute Gasteiger partial charge is 0.341 e. The minimum absolute atomic E-state index is 0.222. The van der Waals surface area contributed by atoms with Crippen LogP contribution in [0.15, 0.2) is 12.1 Å². The van der Waals surface area contributed by atoms with Crippen LogP contribution in [0.1, 0.15) is 28.4 Å². The Hall–Kier alpha value is -1.57. The van der Waals surface area contributed by atoms with Crippen LogP contribution in [0.3, 0.4) is 0 Å². The molecule has 0 amide bonds. The van der Waals surface area contributed by atoms with Crippen molar-refractivity contribution in [2.45, 2.75) is 18.6 Å². The van der Waals surface area contributed by atoms with E-state index in [0.29, 0.717) is 6.07 Å². The van der Waals surface area contributed by atoms with Gasteiger partial charge >= 0.3 is 5.97 Å². The Morgan fingerprint density at radius 2 is 1.89 bits per heavy atom. The highest BCUT2D eigenvalue weighted by molar-refractivity contribution is 5.88. The number of aromatic carboxylic acids is 1. The molecule has 0 spiro atoms. The molecule has 0 saturated carbocycles. The molecule has 0 aliphatic rings. The monoisotopic (exact) mass is 262 g/mol. The maximum absolute atomic E-state index is 13.7. The minimum Gasteiger partial charge on any atom is -0.477 e. The number of hydrogen-bond acceptors (Lipinski definition) is 4. The molecule has 0 aliphatic carbocycles. The largest absolute Gasteiger partial charge is 0.477 e. The first-order valence-electron chi connectivity index (χ1n) is 5.08. The number of halogens is 2. The topological polar surface area (TPSA) is 98.0 Å². The van der Waals surface area contributed by atoms with Crippen molar-refractivity contribution >= 4 is 5.97 Å². The van der Waals surface area contributed by atoms with E-state index >= 15 is 0 Å². The lowest BCUT2D eigenvalue weighted by Gasteiger charge is -2.18. The number of rotatable bonds is 5. The highest BCUT2D eigenvalue weighted by Gasteiger charge is 2.26. The predicted molar refractivity (Wildman–Crippen MR) is 56.0 cm³/mol. The van der Waals surface area contributed by atoms with Crippen LogP contribution in [-0.2, 0) is 0 Å². The molecule has 0 radical (unpaired) electrons. The maximum atomic E-state index is 13.7. The SMILES string of the molecule is O=C(O)c1c(F)ccc(C(O)C(O)CCO)c1F. The molecule has 0 saturated heterocycles. The quantitative estimate of drug-likeness (QED) is 0.617. The van der Waals surface area contributed by atoms with Gasteiger partial charge in [-0.1, -0.05) is 6.07 Å². The van der Waals surface area contributed by atoms with Gasteiger partial charge in [-0.3, -0.25) is 0 Å². The minimum atomic E-state index is -1.81.